The van der Waals surface area contributed by atoms with Crippen LogP contribution in [0.25, 0.3) is 0 Å². The van der Waals surface area contributed by atoms with Gasteiger partial charge in [-0.25, -0.2) is 9.59 Å². The van der Waals surface area contributed by atoms with E-state index < -0.39 is 12.0 Å². The second-order valence-electron chi connectivity index (χ2n) is 2.94. The number of H-pyrrole nitrogens is 1. The molecule has 0 unspecified atom stereocenters. The van der Waals surface area contributed by atoms with Crippen LogP contribution in [-0.4, -0.2) is 23.6 Å². The number of cyclic esters (lactones) is 1. The molecule has 1 aromatic heterocycles. The summed E-state index contributed by atoms with van der Waals surface area (Å²) in [5, 5.41) is 5.04. The predicted molar refractivity (Wildman–Crippen MR) is 52.0 cm³/mol. The van der Waals surface area contributed by atoms with Gasteiger partial charge in [0.05, 0.1) is 5.70 Å². The van der Waals surface area contributed by atoms with Crippen LogP contribution in [0, 0.1) is 0 Å². The highest BCUT2D eigenvalue weighted by Gasteiger charge is 2.14. The molecular formula is C9H9N3O3. The Morgan fingerprint density at radius 1 is 1.47 bits per heavy atom. The molecule has 1 aliphatic rings. The molecule has 0 aromatic carbocycles. The summed E-state index contributed by atoms with van der Waals surface area (Å²) in [6, 6.07) is 3.06. The van der Waals surface area contributed by atoms with Gasteiger partial charge in [-0.1, -0.05) is 0 Å². The maximum absolute atomic E-state index is 11.3. The van der Waals surface area contributed by atoms with Crippen molar-refractivity contribution in [3.05, 3.63) is 30.1 Å². The van der Waals surface area contributed by atoms with Crippen molar-refractivity contribution < 1.29 is 14.3 Å². The zero-order valence-electron chi connectivity index (χ0n) is 7.74. The van der Waals surface area contributed by atoms with E-state index in [-0.39, 0.29) is 6.61 Å². The molecule has 1 aromatic rings. The highest BCUT2D eigenvalue weighted by atomic mass is 16.5. The molecule has 15 heavy (non-hydrogen) atoms. The molecule has 0 saturated carbocycles. The number of anilines is 1. The van der Waals surface area contributed by atoms with Gasteiger partial charge in [0.2, 0.25) is 0 Å². The molecule has 0 aliphatic carbocycles. The first-order chi connectivity index (χ1) is 7.24. The van der Waals surface area contributed by atoms with Gasteiger partial charge < -0.3 is 15.0 Å². The second kappa shape index (κ2) is 3.87. The van der Waals surface area contributed by atoms with Gasteiger partial charge >= 0.3 is 12.0 Å². The summed E-state index contributed by atoms with van der Waals surface area (Å²) in [5.41, 5.74) is 0.448. The van der Waals surface area contributed by atoms with Crippen molar-refractivity contribution in [2.24, 2.45) is 0 Å². The topological polar surface area (TPSA) is 83.2 Å². The number of aromatic amines is 1. The van der Waals surface area contributed by atoms with Crippen molar-refractivity contribution >= 4 is 17.8 Å². The molecule has 2 heterocycles. The van der Waals surface area contributed by atoms with Crippen LogP contribution in [0.1, 0.15) is 0 Å². The van der Waals surface area contributed by atoms with Gasteiger partial charge in [0, 0.05) is 12.3 Å². The largest absolute Gasteiger partial charge is 0.456 e. The lowest BCUT2D eigenvalue weighted by Gasteiger charge is -2.04. The Balaban J connectivity index is 1.88. The van der Waals surface area contributed by atoms with Gasteiger partial charge in [0.1, 0.15) is 12.4 Å². The van der Waals surface area contributed by atoms with Crippen molar-refractivity contribution in [2.45, 2.75) is 0 Å². The Morgan fingerprint density at radius 2 is 2.33 bits per heavy atom. The van der Waals surface area contributed by atoms with Crippen molar-refractivity contribution in [3.8, 4) is 0 Å². The monoisotopic (exact) mass is 207 g/mol. The normalized spacial score (nSPS) is 14.4. The smallest absolute Gasteiger partial charge is 0.333 e. The summed E-state index contributed by atoms with van der Waals surface area (Å²) in [6.45, 7) is 0.108. The maximum Gasteiger partial charge on any atom is 0.333 e. The SMILES string of the molecule is O=C(NC1=CC(=O)OC1)Nc1ccc[nH]1. The number of hydrogen-bond donors (Lipinski definition) is 3. The third-order valence-electron chi connectivity index (χ3n) is 1.78. The van der Waals surface area contributed by atoms with E-state index in [2.05, 4.69) is 20.4 Å². The molecule has 6 heteroatoms. The Labute approximate surface area is 85.3 Å². The number of urea groups is 1. The first-order valence-corrected chi connectivity index (χ1v) is 4.33. The molecule has 0 atom stereocenters. The van der Waals surface area contributed by atoms with E-state index in [1.807, 2.05) is 0 Å². The number of amides is 2. The quantitative estimate of drug-likeness (QED) is 0.620. The number of hydrogen-bond acceptors (Lipinski definition) is 3. The van der Waals surface area contributed by atoms with E-state index in [0.717, 1.165) is 0 Å². The fourth-order valence-electron chi connectivity index (χ4n) is 1.15. The van der Waals surface area contributed by atoms with E-state index >= 15 is 0 Å². The van der Waals surface area contributed by atoms with E-state index in [9.17, 15) is 9.59 Å². The molecule has 1 aliphatic heterocycles. The van der Waals surface area contributed by atoms with E-state index in [0.29, 0.717) is 11.5 Å². The third-order valence-corrected chi connectivity index (χ3v) is 1.78. The Kier molecular flexibility index (Phi) is 2.40. The van der Waals surface area contributed by atoms with Crippen LogP contribution in [0.3, 0.4) is 0 Å². The van der Waals surface area contributed by atoms with Gasteiger partial charge in [-0.15, -0.1) is 0 Å². The summed E-state index contributed by atoms with van der Waals surface area (Å²) in [5.74, 6) is 0.142. The Bertz CT molecular complexity index is 408. The van der Waals surface area contributed by atoms with Crippen molar-refractivity contribution in [1.82, 2.24) is 10.3 Å². The Morgan fingerprint density at radius 3 is 2.93 bits per heavy atom. The number of esters is 1. The average Bonchev–Trinajstić information content (AvgIpc) is 2.77. The number of aromatic nitrogens is 1. The molecule has 2 amide bonds. The number of carbonyl (C=O) groups excluding carboxylic acids is 2. The van der Waals surface area contributed by atoms with Crippen LogP contribution in [0.5, 0.6) is 0 Å². The first kappa shape index (κ1) is 9.32. The highest BCUT2D eigenvalue weighted by molar-refractivity contribution is 5.92. The molecule has 2 rings (SSSR count). The predicted octanol–water partition coefficient (Wildman–Crippen LogP) is 0.577. The van der Waals surface area contributed by atoms with Crippen LogP contribution in [0.15, 0.2) is 30.1 Å². The molecular weight excluding hydrogens is 198 g/mol. The molecule has 0 saturated heterocycles. The summed E-state index contributed by atoms with van der Waals surface area (Å²) in [6.07, 6.45) is 2.94. The van der Waals surface area contributed by atoms with Gasteiger partial charge in [0.15, 0.2) is 0 Å². The molecule has 78 valence electrons. The van der Waals surface area contributed by atoms with E-state index in [1.54, 1.807) is 18.3 Å². The van der Waals surface area contributed by atoms with Crippen LogP contribution in [0.4, 0.5) is 10.6 Å². The van der Waals surface area contributed by atoms with Crippen molar-refractivity contribution in [1.29, 1.82) is 0 Å². The maximum atomic E-state index is 11.3. The number of rotatable bonds is 2. The van der Waals surface area contributed by atoms with E-state index in [4.69, 9.17) is 0 Å². The molecule has 6 nitrogen and oxygen atoms in total. The highest BCUT2D eigenvalue weighted by Crippen LogP contribution is 2.04. The fraction of sp³-hybridized carbons (Fsp3) is 0.111. The van der Waals surface area contributed by atoms with Gasteiger partial charge in [0.25, 0.3) is 0 Å². The van der Waals surface area contributed by atoms with Gasteiger partial charge in [-0.2, -0.15) is 0 Å². The minimum absolute atomic E-state index is 0.108. The fourth-order valence-corrected chi connectivity index (χ4v) is 1.15. The third kappa shape index (κ3) is 2.37. The van der Waals surface area contributed by atoms with Crippen LogP contribution in [-0.2, 0) is 9.53 Å². The Hall–Kier alpha value is -2.24. The number of ether oxygens (including phenoxy) is 1. The lowest BCUT2D eigenvalue weighted by atomic mass is 10.4. The van der Waals surface area contributed by atoms with Crippen LogP contribution < -0.4 is 10.6 Å². The zero-order chi connectivity index (χ0) is 10.7. The minimum Gasteiger partial charge on any atom is -0.456 e. The van der Waals surface area contributed by atoms with Crippen LogP contribution in [0.2, 0.25) is 0 Å². The molecule has 0 bridgehead atoms. The molecule has 0 radical (unpaired) electrons. The van der Waals surface area contributed by atoms with Crippen LogP contribution >= 0.6 is 0 Å². The summed E-state index contributed by atoms with van der Waals surface area (Å²) in [4.78, 5) is 24.8. The minimum atomic E-state index is -0.440. The second-order valence-corrected chi connectivity index (χ2v) is 2.94. The standard InChI is InChI=1S/C9H9N3O3/c13-8-4-6(5-15-8)11-9(14)12-7-2-1-3-10-7/h1-4,10H,5H2,(H2,11,12,14). The van der Waals surface area contributed by atoms with Gasteiger partial charge in [-0.3, -0.25) is 5.32 Å². The van der Waals surface area contributed by atoms with Gasteiger partial charge in [-0.05, 0) is 12.1 Å². The van der Waals surface area contributed by atoms with Crippen molar-refractivity contribution in [2.75, 3.05) is 11.9 Å². The average molecular weight is 207 g/mol. The van der Waals surface area contributed by atoms with Crippen molar-refractivity contribution in [3.63, 3.8) is 0 Å². The molecule has 0 fully saturated rings. The number of carbonyl (C=O) groups is 2. The lowest BCUT2D eigenvalue weighted by Crippen LogP contribution is -2.28. The summed E-state index contributed by atoms with van der Waals surface area (Å²) < 4.78 is 4.62. The summed E-state index contributed by atoms with van der Waals surface area (Å²) >= 11 is 0. The molecule has 3 N–H and O–H groups in total. The zero-order valence-corrected chi connectivity index (χ0v) is 7.74. The lowest BCUT2D eigenvalue weighted by molar-refractivity contribution is -0.134. The summed E-state index contributed by atoms with van der Waals surface area (Å²) in [7, 11) is 0. The number of nitrogens with one attached hydrogen (secondary N) is 3. The van der Waals surface area contributed by atoms with E-state index in [1.165, 1.54) is 6.08 Å². The first-order valence-electron chi connectivity index (χ1n) is 4.33. The molecule has 0 spiro atoms.